The van der Waals surface area contributed by atoms with Gasteiger partial charge in [0.15, 0.2) is 0 Å². The van der Waals surface area contributed by atoms with Crippen LogP contribution in [0.25, 0.3) is 0 Å². The molecule has 0 radical (unpaired) electrons. The van der Waals surface area contributed by atoms with Gasteiger partial charge in [-0.1, -0.05) is 65.7 Å². The second-order valence-electron chi connectivity index (χ2n) is 7.37. The summed E-state index contributed by atoms with van der Waals surface area (Å²) in [5.41, 5.74) is 7.11. The van der Waals surface area contributed by atoms with Crippen LogP contribution in [0.1, 0.15) is 33.4 Å². The fourth-order valence-electron chi connectivity index (χ4n) is 2.94. The monoisotopic (exact) mass is 458 g/mol. The van der Waals surface area contributed by atoms with Crippen molar-refractivity contribution in [1.82, 2.24) is 0 Å². The van der Waals surface area contributed by atoms with E-state index in [1.54, 1.807) is 12.1 Å². The molecule has 0 spiro atoms. The first-order valence-electron chi connectivity index (χ1n) is 9.78. The van der Waals surface area contributed by atoms with Crippen LogP contribution in [-0.4, -0.2) is 0 Å². The molecule has 0 heterocycles. The van der Waals surface area contributed by atoms with Crippen molar-refractivity contribution < 1.29 is 12.5 Å². The molecule has 0 aliphatic carbocycles. The summed E-state index contributed by atoms with van der Waals surface area (Å²) in [7, 11) is -3.47. The summed E-state index contributed by atoms with van der Waals surface area (Å²) < 4.78 is 25.3. The van der Waals surface area contributed by atoms with Crippen LogP contribution in [0.2, 0.25) is 0 Å². The van der Waals surface area contributed by atoms with Gasteiger partial charge in [-0.3, -0.25) is 4.57 Å². The summed E-state index contributed by atoms with van der Waals surface area (Å²) in [4.78, 5) is 0. The van der Waals surface area contributed by atoms with Crippen molar-refractivity contribution in [2.24, 2.45) is 0 Å². The van der Waals surface area contributed by atoms with E-state index < -0.39 is 7.60 Å². The maximum Gasteiger partial charge on any atom is 0.383 e. The minimum atomic E-state index is -3.47. The molecule has 3 rings (SSSR count). The van der Waals surface area contributed by atoms with Gasteiger partial charge in [-0.05, 0) is 62.1 Å². The van der Waals surface area contributed by atoms with Gasteiger partial charge < -0.3 is 0 Å². The first-order chi connectivity index (χ1) is 14.4. The van der Waals surface area contributed by atoms with Crippen LogP contribution in [0.15, 0.2) is 66.7 Å². The van der Waals surface area contributed by atoms with Crippen molar-refractivity contribution in [3.63, 3.8) is 0 Å². The predicted molar refractivity (Wildman–Crippen MR) is 130 cm³/mol. The Morgan fingerprint density at radius 2 is 1.17 bits per heavy atom. The van der Waals surface area contributed by atoms with E-state index in [1.807, 2.05) is 18.2 Å². The molecule has 0 saturated carbocycles. The van der Waals surface area contributed by atoms with Crippen LogP contribution in [0.5, 0.6) is 0 Å². The number of hydrogen-bond donors (Lipinski definition) is 0. The van der Waals surface area contributed by atoms with Gasteiger partial charge in [0.1, 0.15) is 0 Å². The second-order valence-corrected chi connectivity index (χ2v) is 11.1. The molecule has 0 atom stereocenters. The molecular weight excluding hydrogens is 431 g/mol. The topological polar surface area (TPSA) is 35.5 Å². The van der Waals surface area contributed by atoms with E-state index in [-0.39, 0.29) is 0 Å². The molecule has 0 aliphatic rings. The normalized spacial score (nSPS) is 11.6. The Morgan fingerprint density at radius 1 is 0.700 bits per heavy atom. The fraction of sp³-hybridized carbons (Fsp3) is 0.250. The lowest BCUT2D eigenvalue weighted by Crippen LogP contribution is -2.06. The van der Waals surface area contributed by atoms with E-state index in [9.17, 15) is 4.57 Å². The summed E-state index contributed by atoms with van der Waals surface area (Å²) in [6, 6.07) is 21.8. The van der Waals surface area contributed by atoms with Gasteiger partial charge in [0.2, 0.25) is 0 Å². The molecule has 0 amide bonds. The van der Waals surface area contributed by atoms with Gasteiger partial charge in [0.05, 0.1) is 5.30 Å². The second kappa shape index (κ2) is 10.7. The number of benzene rings is 3. The molecule has 0 unspecified atom stereocenters. The van der Waals surface area contributed by atoms with Gasteiger partial charge in [0.25, 0.3) is 0 Å². The van der Waals surface area contributed by atoms with Crippen molar-refractivity contribution in [2.45, 2.75) is 39.2 Å². The zero-order valence-electron chi connectivity index (χ0n) is 17.8. The minimum absolute atomic E-state index is 0.562. The maximum absolute atomic E-state index is 13.6. The molecule has 3 aromatic rings. The third-order valence-corrected chi connectivity index (χ3v) is 9.01. The Balaban J connectivity index is 1.69. The number of aryl methyl sites for hydroxylation is 4. The van der Waals surface area contributed by atoms with Crippen LogP contribution >= 0.6 is 31.7 Å². The third-order valence-electron chi connectivity index (χ3n) is 4.81. The smallest absolute Gasteiger partial charge is 0.252 e. The average Bonchev–Trinajstić information content (AvgIpc) is 2.74. The van der Waals surface area contributed by atoms with Gasteiger partial charge in [-0.15, -0.1) is 0 Å². The Kier molecular flexibility index (Phi) is 8.27. The zero-order valence-corrected chi connectivity index (χ0v) is 20.3. The molecule has 0 aliphatic heterocycles. The number of hydrogen-bond acceptors (Lipinski definition) is 5. The molecule has 3 aromatic carbocycles. The standard InChI is InChI=1S/C24H27O3PS2/c1-18-10-12-20(3)22(14-18)16-29-26-28(25,24-8-6-5-7-9-24)27-30-17-23-15-19(2)11-13-21(23)4/h5-15H,16-17H2,1-4H3. The summed E-state index contributed by atoms with van der Waals surface area (Å²) in [6.07, 6.45) is 0. The summed E-state index contributed by atoms with van der Waals surface area (Å²) in [5.74, 6) is 1.21. The Hall–Kier alpha value is -1.49. The highest BCUT2D eigenvalue weighted by Gasteiger charge is 2.29. The van der Waals surface area contributed by atoms with Gasteiger partial charge >= 0.3 is 7.60 Å². The Morgan fingerprint density at radius 3 is 1.63 bits per heavy atom. The molecule has 3 nitrogen and oxygen atoms in total. The van der Waals surface area contributed by atoms with Gasteiger partial charge in [0, 0.05) is 35.6 Å². The molecular formula is C24H27O3PS2. The average molecular weight is 459 g/mol. The van der Waals surface area contributed by atoms with E-state index >= 15 is 0 Å². The van der Waals surface area contributed by atoms with Crippen molar-refractivity contribution in [2.75, 3.05) is 0 Å². The molecule has 6 heteroatoms. The van der Waals surface area contributed by atoms with Gasteiger partial charge in [-0.25, -0.2) is 7.94 Å². The lowest BCUT2D eigenvalue weighted by atomic mass is 10.1. The van der Waals surface area contributed by atoms with E-state index in [0.29, 0.717) is 16.8 Å². The third kappa shape index (κ3) is 6.26. The largest absolute Gasteiger partial charge is 0.383 e. The van der Waals surface area contributed by atoms with Crippen LogP contribution in [0.4, 0.5) is 0 Å². The molecule has 0 N–H and O–H groups in total. The molecule has 0 aromatic heterocycles. The van der Waals surface area contributed by atoms with E-state index in [4.69, 9.17) is 7.94 Å². The van der Waals surface area contributed by atoms with Gasteiger partial charge in [-0.2, -0.15) is 0 Å². The maximum atomic E-state index is 13.6. The van der Waals surface area contributed by atoms with Crippen LogP contribution < -0.4 is 5.30 Å². The van der Waals surface area contributed by atoms with Crippen molar-refractivity contribution in [3.05, 3.63) is 100 Å². The van der Waals surface area contributed by atoms with E-state index in [0.717, 1.165) is 0 Å². The summed E-state index contributed by atoms with van der Waals surface area (Å²) in [5, 5.41) is 0.562. The van der Waals surface area contributed by atoms with Crippen molar-refractivity contribution >= 4 is 37.0 Å². The first-order valence-corrected chi connectivity index (χ1v) is 13.1. The van der Waals surface area contributed by atoms with Crippen LogP contribution in [-0.2, 0) is 24.0 Å². The SMILES string of the molecule is Cc1ccc(C)c(CSOP(=O)(OSCc2cc(C)ccc2C)c2ccccc2)c1. The molecule has 158 valence electrons. The highest BCUT2D eigenvalue weighted by atomic mass is 32.2. The molecule has 0 fully saturated rings. The Bertz CT molecular complexity index is 976. The lowest BCUT2D eigenvalue weighted by molar-refractivity contribution is 0.445. The summed E-state index contributed by atoms with van der Waals surface area (Å²) >= 11 is 2.36. The quantitative estimate of drug-likeness (QED) is 0.245. The predicted octanol–water partition coefficient (Wildman–Crippen LogP) is 7.47. The highest BCUT2D eigenvalue weighted by Crippen LogP contribution is 2.54. The van der Waals surface area contributed by atoms with Crippen LogP contribution in [0, 0.1) is 27.7 Å². The molecule has 0 bridgehead atoms. The lowest BCUT2D eigenvalue weighted by Gasteiger charge is -2.17. The summed E-state index contributed by atoms with van der Waals surface area (Å²) in [6.45, 7) is 8.28. The molecule has 0 saturated heterocycles. The van der Waals surface area contributed by atoms with E-state index in [2.05, 4.69) is 64.1 Å². The minimum Gasteiger partial charge on any atom is -0.252 e. The van der Waals surface area contributed by atoms with E-state index in [1.165, 1.54) is 57.5 Å². The zero-order chi connectivity index (χ0) is 21.6. The fourth-order valence-corrected chi connectivity index (χ4v) is 6.90. The Labute approximate surface area is 188 Å². The number of rotatable bonds is 9. The van der Waals surface area contributed by atoms with Crippen LogP contribution in [0.3, 0.4) is 0 Å². The van der Waals surface area contributed by atoms with Crippen molar-refractivity contribution in [1.29, 1.82) is 0 Å². The van der Waals surface area contributed by atoms with Crippen molar-refractivity contribution in [3.8, 4) is 0 Å². The first kappa shape index (κ1) is 23.2. The molecule has 30 heavy (non-hydrogen) atoms. The highest BCUT2D eigenvalue weighted by molar-refractivity contribution is 8.02.